The summed E-state index contributed by atoms with van der Waals surface area (Å²) in [5.41, 5.74) is -0.571. The number of nitrogens with zero attached hydrogens (tertiary/aromatic N) is 1. The van der Waals surface area contributed by atoms with Gasteiger partial charge in [-0.15, -0.1) is 0 Å². The van der Waals surface area contributed by atoms with Crippen LogP contribution in [0.4, 0.5) is 8.78 Å². The minimum Gasteiger partial charge on any atom is -0.469 e. The van der Waals surface area contributed by atoms with E-state index in [0.717, 1.165) is 12.1 Å². The number of hydrogen-bond acceptors (Lipinski definition) is 3. The quantitative estimate of drug-likeness (QED) is 0.780. The first-order valence-electron chi connectivity index (χ1n) is 6.35. The van der Waals surface area contributed by atoms with E-state index in [-0.39, 0.29) is 6.54 Å². The van der Waals surface area contributed by atoms with Gasteiger partial charge < -0.3 is 9.64 Å². The smallest absolute Gasteiger partial charge is 0.310 e. The molecular weight excluding hydrogens is 268 g/mol. The number of amides is 1. The van der Waals surface area contributed by atoms with Gasteiger partial charge in [-0.1, -0.05) is 6.07 Å². The molecular formula is C14H15F2NO3. The number of esters is 1. The van der Waals surface area contributed by atoms with E-state index in [9.17, 15) is 18.4 Å². The van der Waals surface area contributed by atoms with Crippen molar-refractivity contribution in [2.75, 3.05) is 20.2 Å². The molecule has 1 aromatic carbocycles. The van der Waals surface area contributed by atoms with E-state index < -0.39 is 35.0 Å². The topological polar surface area (TPSA) is 46.6 Å². The summed E-state index contributed by atoms with van der Waals surface area (Å²) in [5.74, 6) is -3.36. The zero-order chi connectivity index (χ0) is 14.7. The molecule has 0 saturated carbocycles. The lowest BCUT2D eigenvalue weighted by Crippen LogP contribution is -2.43. The number of halogens is 2. The Kier molecular flexibility index (Phi) is 4.32. The third-order valence-corrected chi connectivity index (χ3v) is 3.42. The van der Waals surface area contributed by atoms with Gasteiger partial charge in [0.15, 0.2) is 0 Å². The van der Waals surface area contributed by atoms with Gasteiger partial charge in [0.1, 0.15) is 17.2 Å². The van der Waals surface area contributed by atoms with Crippen LogP contribution >= 0.6 is 0 Å². The Morgan fingerprint density at radius 3 is 2.55 bits per heavy atom. The van der Waals surface area contributed by atoms with Crippen molar-refractivity contribution >= 4 is 11.9 Å². The Morgan fingerprint density at radius 1 is 1.30 bits per heavy atom. The molecule has 1 atom stereocenters. The van der Waals surface area contributed by atoms with E-state index in [1.807, 2.05) is 0 Å². The highest BCUT2D eigenvalue weighted by atomic mass is 19.1. The van der Waals surface area contributed by atoms with E-state index in [0.29, 0.717) is 19.4 Å². The number of ether oxygens (including phenoxy) is 1. The molecule has 1 heterocycles. The SMILES string of the molecule is COC(=O)[C@@H]1CCCN(C(=O)c2c(F)cccc2F)C1. The van der Waals surface area contributed by atoms with Gasteiger partial charge in [-0.25, -0.2) is 8.78 Å². The number of benzene rings is 1. The van der Waals surface area contributed by atoms with E-state index in [1.165, 1.54) is 18.1 Å². The van der Waals surface area contributed by atoms with Crippen LogP contribution in [-0.2, 0) is 9.53 Å². The second-order valence-corrected chi connectivity index (χ2v) is 4.71. The van der Waals surface area contributed by atoms with Gasteiger partial charge in [-0.2, -0.15) is 0 Å². The van der Waals surface area contributed by atoms with Gasteiger partial charge in [-0.05, 0) is 25.0 Å². The van der Waals surface area contributed by atoms with E-state index in [1.54, 1.807) is 0 Å². The van der Waals surface area contributed by atoms with Crippen LogP contribution in [0.1, 0.15) is 23.2 Å². The Balaban J connectivity index is 2.19. The van der Waals surface area contributed by atoms with Crippen LogP contribution in [0.25, 0.3) is 0 Å². The predicted octanol–water partition coefficient (Wildman–Crippen LogP) is 1.99. The molecule has 0 spiro atoms. The molecule has 0 bridgehead atoms. The van der Waals surface area contributed by atoms with Crippen LogP contribution in [0.3, 0.4) is 0 Å². The van der Waals surface area contributed by atoms with Crippen molar-refractivity contribution in [3.63, 3.8) is 0 Å². The normalized spacial score (nSPS) is 18.8. The fourth-order valence-electron chi connectivity index (χ4n) is 2.38. The fourth-order valence-corrected chi connectivity index (χ4v) is 2.38. The third kappa shape index (κ3) is 2.79. The molecule has 0 unspecified atom stereocenters. The number of carbonyl (C=O) groups is 2. The summed E-state index contributed by atoms with van der Waals surface area (Å²) in [5, 5.41) is 0. The Morgan fingerprint density at radius 2 is 1.95 bits per heavy atom. The molecule has 1 aliphatic heterocycles. The summed E-state index contributed by atoms with van der Waals surface area (Å²) in [6.07, 6.45) is 1.21. The molecule has 6 heteroatoms. The Hall–Kier alpha value is -1.98. The number of carbonyl (C=O) groups excluding carboxylic acids is 2. The van der Waals surface area contributed by atoms with Crippen molar-refractivity contribution < 1.29 is 23.1 Å². The third-order valence-electron chi connectivity index (χ3n) is 3.42. The van der Waals surface area contributed by atoms with Gasteiger partial charge in [0.2, 0.25) is 0 Å². The van der Waals surface area contributed by atoms with Crippen LogP contribution in [0.15, 0.2) is 18.2 Å². The lowest BCUT2D eigenvalue weighted by molar-refractivity contribution is -0.146. The molecule has 0 aromatic heterocycles. The highest BCUT2D eigenvalue weighted by Crippen LogP contribution is 2.22. The van der Waals surface area contributed by atoms with Crippen molar-refractivity contribution in [3.8, 4) is 0 Å². The van der Waals surface area contributed by atoms with Gasteiger partial charge in [-0.3, -0.25) is 9.59 Å². The zero-order valence-corrected chi connectivity index (χ0v) is 11.1. The maximum absolute atomic E-state index is 13.6. The maximum Gasteiger partial charge on any atom is 0.310 e. The van der Waals surface area contributed by atoms with Crippen molar-refractivity contribution in [2.45, 2.75) is 12.8 Å². The van der Waals surface area contributed by atoms with Gasteiger partial charge in [0.05, 0.1) is 13.0 Å². The van der Waals surface area contributed by atoms with Crippen LogP contribution in [0.5, 0.6) is 0 Å². The monoisotopic (exact) mass is 283 g/mol. The molecule has 0 N–H and O–H groups in total. The number of methoxy groups -OCH3 is 1. The van der Waals surface area contributed by atoms with Gasteiger partial charge in [0, 0.05) is 13.1 Å². The molecule has 108 valence electrons. The number of rotatable bonds is 2. The highest BCUT2D eigenvalue weighted by molar-refractivity contribution is 5.95. The molecule has 1 saturated heterocycles. The van der Waals surface area contributed by atoms with E-state index in [4.69, 9.17) is 0 Å². The molecule has 20 heavy (non-hydrogen) atoms. The summed E-state index contributed by atoms with van der Waals surface area (Å²) >= 11 is 0. The number of piperidine rings is 1. The molecule has 1 aliphatic rings. The van der Waals surface area contributed by atoms with Crippen LogP contribution in [0, 0.1) is 17.6 Å². The Bertz CT molecular complexity index is 513. The maximum atomic E-state index is 13.6. The lowest BCUT2D eigenvalue weighted by Gasteiger charge is -2.31. The van der Waals surface area contributed by atoms with Crippen molar-refractivity contribution in [3.05, 3.63) is 35.4 Å². The lowest BCUT2D eigenvalue weighted by atomic mass is 9.97. The predicted molar refractivity (Wildman–Crippen MR) is 67.0 cm³/mol. The molecule has 2 rings (SSSR count). The fraction of sp³-hybridized carbons (Fsp3) is 0.429. The van der Waals surface area contributed by atoms with Gasteiger partial charge >= 0.3 is 5.97 Å². The second kappa shape index (κ2) is 5.98. The van der Waals surface area contributed by atoms with Crippen molar-refractivity contribution in [1.29, 1.82) is 0 Å². The largest absolute Gasteiger partial charge is 0.469 e. The molecule has 0 aliphatic carbocycles. The number of hydrogen-bond donors (Lipinski definition) is 0. The van der Waals surface area contributed by atoms with Crippen LogP contribution < -0.4 is 0 Å². The molecule has 1 aromatic rings. The highest BCUT2D eigenvalue weighted by Gasteiger charge is 2.31. The molecule has 0 radical (unpaired) electrons. The van der Waals surface area contributed by atoms with Crippen LogP contribution in [-0.4, -0.2) is 37.0 Å². The van der Waals surface area contributed by atoms with Crippen molar-refractivity contribution in [2.24, 2.45) is 5.92 Å². The average molecular weight is 283 g/mol. The summed E-state index contributed by atoms with van der Waals surface area (Å²) in [6, 6.07) is 3.28. The summed E-state index contributed by atoms with van der Waals surface area (Å²) in [6.45, 7) is 0.499. The first-order chi connectivity index (χ1) is 9.54. The zero-order valence-electron chi connectivity index (χ0n) is 11.1. The van der Waals surface area contributed by atoms with Crippen LogP contribution in [0.2, 0.25) is 0 Å². The second-order valence-electron chi connectivity index (χ2n) is 4.71. The summed E-state index contributed by atoms with van der Waals surface area (Å²) in [7, 11) is 1.28. The summed E-state index contributed by atoms with van der Waals surface area (Å²) < 4.78 is 31.8. The average Bonchev–Trinajstić information content (AvgIpc) is 2.46. The van der Waals surface area contributed by atoms with Gasteiger partial charge in [0.25, 0.3) is 5.91 Å². The van der Waals surface area contributed by atoms with Crippen molar-refractivity contribution in [1.82, 2.24) is 4.90 Å². The molecule has 4 nitrogen and oxygen atoms in total. The first kappa shape index (κ1) is 14.4. The first-order valence-corrected chi connectivity index (χ1v) is 6.35. The standard InChI is InChI=1S/C14H15F2NO3/c1-20-14(19)9-4-3-7-17(8-9)13(18)12-10(15)5-2-6-11(12)16/h2,5-6,9H,3-4,7-8H2,1H3/t9-/m1/s1. The number of likely N-dealkylation sites (tertiary alicyclic amines) is 1. The molecule has 1 fully saturated rings. The Labute approximate surface area is 115 Å². The summed E-state index contributed by atoms with van der Waals surface area (Å²) in [4.78, 5) is 25.0. The van der Waals surface area contributed by atoms with E-state index >= 15 is 0 Å². The minimum absolute atomic E-state index is 0.124. The van der Waals surface area contributed by atoms with E-state index in [2.05, 4.69) is 4.74 Å². The molecule has 1 amide bonds. The minimum atomic E-state index is -0.893.